The fraction of sp³-hybridized carbons (Fsp3) is 0.350. The molecule has 0 radical (unpaired) electrons. The van der Waals surface area contributed by atoms with Crippen molar-refractivity contribution >= 4 is 51.4 Å². The van der Waals surface area contributed by atoms with E-state index in [4.69, 9.17) is 11.6 Å². The summed E-state index contributed by atoms with van der Waals surface area (Å²) in [5, 5.41) is 7.34. The van der Waals surface area contributed by atoms with Crippen molar-refractivity contribution in [2.24, 2.45) is 4.99 Å². The van der Waals surface area contributed by atoms with Gasteiger partial charge in [-0.1, -0.05) is 35.9 Å². The molecule has 8 heteroatoms. The number of nitrogens with one attached hydrogen (secondary N) is 2. The number of benzene rings is 2. The molecule has 0 bridgehead atoms. The van der Waals surface area contributed by atoms with Gasteiger partial charge in [-0.15, -0.1) is 24.0 Å². The number of nitrogens with zero attached hydrogens (tertiary/aromatic N) is 1. The van der Waals surface area contributed by atoms with Crippen LogP contribution in [-0.2, 0) is 16.3 Å². The molecule has 0 aliphatic carbocycles. The largest absolute Gasteiger partial charge is 0.357 e. The lowest BCUT2D eigenvalue weighted by molar-refractivity contribution is 0.602. The van der Waals surface area contributed by atoms with Gasteiger partial charge in [-0.25, -0.2) is 8.42 Å². The molecule has 0 fully saturated rings. The monoisotopic (exact) mass is 535 g/mol. The Labute approximate surface area is 189 Å². The van der Waals surface area contributed by atoms with E-state index < -0.39 is 9.84 Å². The van der Waals surface area contributed by atoms with Gasteiger partial charge < -0.3 is 10.6 Å². The quantitative estimate of drug-likeness (QED) is 0.316. The van der Waals surface area contributed by atoms with Gasteiger partial charge in [0.15, 0.2) is 15.8 Å². The maximum absolute atomic E-state index is 11.5. The van der Waals surface area contributed by atoms with Crippen molar-refractivity contribution in [1.82, 2.24) is 10.6 Å². The Bertz CT molecular complexity index is 869. The van der Waals surface area contributed by atoms with Gasteiger partial charge in [0.2, 0.25) is 0 Å². The number of hydrogen-bond donors (Lipinski definition) is 2. The highest BCUT2D eigenvalue weighted by molar-refractivity contribution is 14.0. The van der Waals surface area contributed by atoms with E-state index in [0.29, 0.717) is 16.5 Å². The number of rotatable bonds is 7. The molecule has 0 aliphatic heterocycles. The minimum Gasteiger partial charge on any atom is -0.357 e. The molecule has 0 saturated heterocycles. The summed E-state index contributed by atoms with van der Waals surface area (Å²) < 4.78 is 23.0. The molecule has 1 atom stereocenters. The van der Waals surface area contributed by atoms with E-state index in [1.807, 2.05) is 43.3 Å². The van der Waals surface area contributed by atoms with Crippen molar-refractivity contribution in [3.05, 3.63) is 64.7 Å². The zero-order chi connectivity index (χ0) is 19.9. The zero-order valence-electron chi connectivity index (χ0n) is 16.3. The van der Waals surface area contributed by atoms with E-state index in [2.05, 4.69) is 22.5 Å². The average Bonchev–Trinajstić information content (AvgIpc) is 2.62. The van der Waals surface area contributed by atoms with Crippen LogP contribution < -0.4 is 10.6 Å². The molecule has 0 aliphatic rings. The fourth-order valence-electron chi connectivity index (χ4n) is 2.56. The Morgan fingerprint density at radius 3 is 2.25 bits per heavy atom. The first-order chi connectivity index (χ1) is 12.8. The van der Waals surface area contributed by atoms with Crippen molar-refractivity contribution in [1.29, 1.82) is 0 Å². The second kappa shape index (κ2) is 11.6. The van der Waals surface area contributed by atoms with Gasteiger partial charge >= 0.3 is 0 Å². The molecule has 28 heavy (non-hydrogen) atoms. The standard InChI is InChI=1S/C20H26ClN3O2S.HI/c1-4-22-20(24-15(2)17-7-9-18(21)10-8-17)23-14-13-16-5-11-19(12-6-16)27(3,25)26;/h5-12,15H,4,13-14H2,1-3H3,(H2,22,23,24);1H. The van der Waals surface area contributed by atoms with E-state index in [-0.39, 0.29) is 30.0 Å². The van der Waals surface area contributed by atoms with Crippen LogP contribution in [0.1, 0.15) is 31.0 Å². The first kappa shape index (κ1) is 24.7. The van der Waals surface area contributed by atoms with Gasteiger partial charge in [-0.3, -0.25) is 4.99 Å². The van der Waals surface area contributed by atoms with Crippen LogP contribution in [0.25, 0.3) is 0 Å². The van der Waals surface area contributed by atoms with Gasteiger partial charge in [0, 0.05) is 24.4 Å². The molecule has 5 nitrogen and oxygen atoms in total. The van der Waals surface area contributed by atoms with Crippen LogP contribution in [0.4, 0.5) is 0 Å². The average molecular weight is 536 g/mol. The highest BCUT2D eigenvalue weighted by Gasteiger charge is 2.08. The zero-order valence-corrected chi connectivity index (χ0v) is 20.2. The van der Waals surface area contributed by atoms with Crippen molar-refractivity contribution in [2.75, 3.05) is 19.3 Å². The van der Waals surface area contributed by atoms with E-state index in [1.54, 1.807) is 12.1 Å². The minimum atomic E-state index is -3.16. The van der Waals surface area contributed by atoms with Crippen LogP contribution in [0.3, 0.4) is 0 Å². The molecule has 0 amide bonds. The van der Waals surface area contributed by atoms with Gasteiger partial charge in [0.25, 0.3) is 0 Å². The van der Waals surface area contributed by atoms with Crippen LogP contribution in [-0.4, -0.2) is 33.7 Å². The summed E-state index contributed by atoms with van der Waals surface area (Å²) >= 11 is 5.94. The molecule has 0 saturated carbocycles. The lowest BCUT2D eigenvalue weighted by Crippen LogP contribution is -2.38. The van der Waals surface area contributed by atoms with Crippen molar-refractivity contribution in [3.63, 3.8) is 0 Å². The molecule has 0 aromatic heterocycles. The summed E-state index contributed by atoms with van der Waals surface area (Å²) in [6.07, 6.45) is 1.94. The highest BCUT2D eigenvalue weighted by Crippen LogP contribution is 2.16. The number of hydrogen-bond acceptors (Lipinski definition) is 3. The van der Waals surface area contributed by atoms with Crippen molar-refractivity contribution < 1.29 is 8.42 Å². The van der Waals surface area contributed by atoms with Gasteiger partial charge in [-0.2, -0.15) is 0 Å². The Hall–Kier alpha value is -1.32. The third kappa shape index (κ3) is 7.97. The summed E-state index contributed by atoms with van der Waals surface area (Å²) in [4.78, 5) is 4.95. The number of halogens is 2. The molecule has 2 aromatic carbocycles. The second-order valence-corrected chi connectivity index (χ2v) is 8.80. The predicted molar refractivity (Wildman–Crippen MR) is 128 cm³/mol. The van der Waals surface area contributed by atoms with Crippen LogP contribution in [0, 0.1) is 0 Å². The number of aliphatic imine (C=N–C) groups is 1. The van der Waals surface area contributed by atoms with E-state index >= 15 is 0 Å². The van der Waals surface area contributed by atoms with E-state index in [1.165, 1.54) is 6.26 Å². The first-order valence-electron chi connectivity index (χ1n) is 8.89. The predicted octanol–water partition coefficient (Wildman–Crippen LogP) is 4.22. The third-order valence-electron chi connectivity index (χ3n) is 4.09. The lowest BCUT2D eigenvalue weighted by Gasteiger charge is -2.18. The van der Waals surface area contributed by atoms with Crippen LogP contribution in [0.2, 0.25) is 5.02 Å². The summed E-state index contributed by atoms with van der Waals surface area (Å²) in [5.41, 5.74) is 2.18. The van der Waals surface area contributed by atoms with Gasteiger partial charge in [0.05, 0.1) is 10.9 Å². The third-order valence-corrected chi connectivity index (χ3v) is 5.47. The molecule has 2 rings (SSSR count). The fourth-order valence-corrected chi connectivity index (χ4v) is 3.32. The normalized spacial score (nSPS) is 12.8. The Morgan fingerprint density at radius 2 is 1.71 bits per heavy atom. The summed E-state index contributed by atoms with van der Waals surface area (Å²) in [5.74, 6) is 0.743. The Morgan fingerprint density at radius 1 is 1.11 bits per heavy atom. The second-order valence-electron chi connectivity index (χ2n) is 6.34. The number of sulfone groups is 1. The summed E-state index contributed by atoms with van der Waals surface area (Å²) in [7, 11) is -3.16. The molecule has 0 spiro atoms. The lowest BCUT2D eigenvalue weighted by atomic mass is 10.1. The van der Waals surface area contributed by atoms with Gasteiger partial charge in [0.1, 0.15) is 0 Å². The molecule has 2 N–H and O–H groups in total. The van der Waals surface area contributed by atoms with Crippen LogP contribution >= 0.6 is 35.6 Å². The number of guanidine groups is 1. The highest BCUT2D eigenvalue weighted by atomic mass is 127. The van der Waals surface area contributed by atoms with E-state index in [0.717, 1.165) is 30.1 Å². The molecule has 154 valence electrons. The maximum atomic E-state index is 11.5. The first-order valence-corrected chi connectivity index (χ1v) is 11.2. The van der Waals surface area contributed by atoms with Crippen molar-refractivity contribution in [3.8, 4) is 0 Å². The SMILES string of the molecule is CCNC(=NCCc1ccc(S(C)(=O)=O)cc1)NC(C)c1ccc(Cl)cc1.I. The van der Waals surface area contributed by atoms with Crippen LogP contribution in [0.5, 0.6) is 0 Å². The topological polar surface area (TPSA) is 70.6 Å². The van der Waals surface area contributed by atoms with E-state index in [9.17, 15) is 8.42 Å². The molecule has 1 unspecified atom stereocenters. The maximum Gasteiger partial charge on any atom is 0.191 e. The molecular formula is C20H27ClIN3O2S. The minimum absolute atomic E-state index is 0. The van der Waals surface area contributed by atoms with Crippen LogP contribution in [0.15, 0.2) is 58.4 Å². The van der Waals surface area contributed by atoms with Gasteiger partial charge in [-0.05, 0) is 55.7 Å². The summed E-state index contributed by atoms with van der Waals surface area (Å²) in [6, 6.07) is 14.8. The smallest absolute Gasteiger partial charge is 0.191 e. The Kier molecular flexibility index (Phi) is 10.3. The molecular weight excluding hydrogens is 509 g/mol. The molecule has 2 aromatic rings. The summed E-state index contributed by atoms with van der Waals surface area (Å²) in [6.45, 7) is 5.46. The van der Waals surface area contributed by atoms with Crippen molar-refractivity contribution in [2.45, 2.75) is 31.2 Å². The molecule has 0 heterocycles. The Balaban J connectivity index is 0.00000392.